The Hall–Kier alpha value is -6.59. The summed E-state index contributed by atoms with van der Waals surface area (Å²) in [6, 6.07) is 48.4. The van der Waals surface area contributed by atoms with Crippen molar-refractivity contribution in [1.29, 1.82) is 0 Å². The Morgan fingerprint density at radius 3 is 2.02 bits per heavy atom. The Bertz CT molecular complexity index is 2810. The maximum absolute atomic E-state index is 6.49. The van der Waals surface area contributed by atoms with E-state index in [1.54, 1.807) is 0 Å². The molecule has 3 heterocycles. The van der Waals surface area contributed by atoms with Gasteiger partial charge in [0.2, 0.25) is 5.95 Å². The van der Waals surface area contributed by atoms with E-state index in [0.29, 0.717) is 17.6 Å². The van der Waals surface area contributed by atoms with Crippen LogP contribution in [0.25, 0.3) is 89.2 Å². The normalized spacial score (nSPS) is 13.1. The Morgan fingerprint density at radius 2 is 1.22 bits per heavy atom. The van der Waals surface area contributed by atoms with Crippen LogP contribution in [-0.4, -0.2) is 19.5 Å². The summed E-state index contributed by atoms with van der Waals surface area (Å²) in [5, 5.41) is 4.48. The van der Waals surface area contributed by atoms with Crippen LogP contribution >= 0.6 is 0 Å². The molecule has 0 bridgehead atoms. The highest BCUT2D eigenvalue weighted by atomic mass is 16.3. The minimum absolute atomic E-state index is 0.570. The Balaban J connectivity index is 1.26. The molecule has 6 aromatic carbocycles. The summed E-state index contributed by atoms with van der Waals surface area (Å²) in [6.07, 6.45) is 8.67. The molecule has 236 valence electrons. The predicted octanol–water partition coefficient (Wildman–Crippen LogP) is 11.6. The first kappa shape index (κ1) is 28.4. The molecule has 0 N–H and O–H groups in total. The van der Waals surface area contributed by atoms with Gasteiger partial charge in [0, 0.05) is 32.7 Å². The number of para-hydroxylation sites is 2. The molecule has 9 aromatic rings. The molecular formula is C45H30N4O. The molecule has 0 radical (unpaired) electrons. The van der Waals surface area contributed by atoms with Crippen LogP contribution in [0.5, 0.6) is 0 Å². The van der Waals surface area contributed by atoms with Gasteiger partial charge in [0.15, 0.2) is 11.6 Å². The number of benzene rings is 6. The second-order valence-electron chi connectivity index (χ2n) is 12.8. The SMILES string of the molecule is C1=CCCC(c2ccc3c4ccccc4n(-c4nc(-c5ccccc5)nc(-c5cc(-c6ccccc6)c6c(c5)oc5ccccc56)n4)c3c2)=C1. The Labute approximate surface area is 288 Å². The molecule has 0 saturated heterocycles. The van der Waals surface area contributed by atoms with Gasteiger partial charge in [-0.25, -0.2) is 4.98 Å². The zero-order chi connectivity index (χ0) is 33.0. The zero-order valence-electron chi connectivity index (χ0n) is 27.1. The molecule has 1 aliphatic rings. The highest BCUT2D eigenvalue weighted by Crippen LogP contribution is 2.40. The lowest BCUT2D eigenvalue weighted by Gasteiger charge is -2.13. The monoisotopic (exact) mass is 642 g/mol. The fourth-order valence-electron chi connectivity index (χ4n) is 7.37. The van der Waals surface area contributed by atoms with Gasteiger partial charge in [0.1, 0.15) is 11.2 Å². The number of hydrogen-bond acceptors (Lipinski definition) is 4. The number of furan rings is 1. The first-order chi connectivity index (χ1) is 24.8. The minimum Gasteiger partial charge on any atom is -0.456 e. The van der Waals surface area contributed by atoms with Crippen LogP contribution in [0.3, 0.4) is 0 Å². The number of aromatic nitrogens is 4. The standard InChI is InChI=1S/C45H30N4O/c1-4-14-29(15-5-1)32-24-25-35-34-20-10-12-22-38(34)49(39(35)27-32)45-47-43(31-18-8-3-9-19-31)46-44(48-45)33-26-37(30-16-6-2-7-17-30)42-36-21-11-13-23-40(36)50-41(42)28-33/h1-4,6-14,16-28H,5,15H2. The molecule has 0 spiro atoms. The van der Waals surface area contributed by atoms with Crippen molar-refractivity contribution in [2.24, 2.45) is 0 Å². The molecular weight excluding hydrogens is 613 g/mol. The third-order valence-electron chi connectivity index (χ3n) is 9.74. The molecule has 50 heavy (non-hydrogen) atoms. The third-order valence-corrected chi connectivity index (χ3v) is 9.74. The molecule has 10 rings (SSSR count). The lowest BCUT2D eigenvalue weighted by molar-refractivity contribution is 0.669. The topological polar surface area (TPSA) is 56.7 Å². The van der Waals surface area contributed by atoms with Gasteiger partial charge in [-0.05, 0) is 65.4 Å². The number of hydrogen-bond donors (Lipinski definition) is 0. The molecule has 3 aromatic heterocycles. The first-order valence-corrected chi connectivity index (χ1v) is 17.0. The molecule has 1 aliphatic carbocycles. The number of allylic oxidation sites excluding steroid dienone is 4. The lowest BCUT2D eigenvalue weighted by atomic mass is 9.96. The Kier molecular flexibility index (Phi) is 6.56. The van der Waals surface area contributed by atoms with Gasteiger partial charge in [-0.15, -0.1) is 0 Å². The fourth-order valence-corrected chi connectivity index (χ4v) is 7.37. The summed E-state index contributed by atoms with van der Waals surface area (Å²) >= 11 is 0. The molecule has 0 unspecified atom stereocenters. The minimum atomic E-state index is 0.570. The van der Waals surface area contributed by atoms with Crippen LogP contribution < -0.4 is 0 Å². The molecule has 0 saturated carbocycles. The van der Waals surface area contributed by atoms with E-state index in [2.05, 4.69) is 114 Å². The summed E-state index contributed by atoms with van der Waals surface area (Å²) in [5.74, 6) is 1.76. The number of nitrogens with zero attached hydrogens (tertiary/aromatic N) is 4. The van der Waals surface area contributed by atoms with Crippen molar-refractivity contribution in [2.75, 3.05) is 0 Å². The second kappa shape index (κ2) is 11.5. The first-order valence-electron chi connectivity index (χ1n) is 17.0. The second-order valence-corrected chi connectivity index (χ2v) is 12.8. The quantitative estimate of drug-likeness (QED) is 0.187. The Morgan fingerprint density at radius 1 is 0.520 bits per heavy atom. The molecule has 0 fully saturated rings. The largest absolute Gasteiger partial charge is 0.456 e. The van der Waals surface area contributed by atoms with E-state index in [1.165, 1.54) is 11.1 Å². The van der Waals surface area contributed by atoms with Crippen molar-refractivity contribution in [3.8, 4) is 39.9 Å². The van der Waals surface area contributed by atoms with Gasteiger partial charge in [-0.3, -0.25) is 4.57 Å². The number of rotatable bonds is 5. The van der Waals surface area contributed by atoms with Crippen molar-refractivity contribution in [2.45, 2.75) is 12.8 Å². The van der Waals surface area contributed by atoms with Gasteiger partial charge >= 0.3 is 0 Å². The zero-order valence-corrected chi connectivity index (χ0v) is 27.1. The van der Waals surface area contributed by atoms with Crippen molar-refractivity contribution in [3.05, 3.63) is 163 Å². The fraction of sp³-hybridized carbons (Fsp3) is 0.0444. The van der Waals surface area contributed by atoms with Crippen LogP contribution in [0.2, 0.25) is 0 Å². The van der Waals surface area contributed by atoms with E-state index >= 15 is 0 Å². The highest BCUT2D eigenvalue weighted by Gasteiger charge is 2.21. The molecule has 0 aliphatic heterocycles. The van der Waals surface area contributed by atoms with E-state index in [0.717, 1.165) is 78.8 Å². The molecule has 5 heteroatoms. The lowest BCUT2D eigenvalue weighted by Crippen LogP contribution is -2.06. The summed E-state index contributed by atoms with van der Waals surface area (Å²) in [7, 11) is 0. The average molecular weight is 643 g/mol. The molecule has 0 amide bonds. The van der Waals surface area contributed by atoms with Crippen LogP contribution in [0, 0.1) is 0 Å². The van der Waals surface area contributed by atoms with Crippen molar-refractivity contribution in [1.82, 2.24) is 19.5 Å². The van der Waals surface area contributed by atoms with Crippen LogP contribution in [0.15, 0.2) is 162 Å². The van der Waals surface area contributed by atoms with Gasteiger partial charge in [0.25, 0.3) is 0 Å². The highest BCUT2D eigenvalue weighted by molar-refractivity contribution is 6.14. The van der Waals surface area contributed by atoms with Gasteiger partial charge in [-0.2, -0.15) is 9.97 Å². The van der Waals surface area contributed by atoms with Crippen molar-refractivity contribution < 1.29 is 4.42 Å². The van der Waals surface area contributed by atoms with Crippen LogP contribution in [-0.2, 0) is 0 Å². The van der Waals surface area contributed by atoms with E-state index < -0.39 is 0 Å². The van der Waals surface area contributed by atoms with Gasteiger partial charge in [-0.1, -0.05) is 127 Å². The predicted molar refractivity (Wildman–Crippen MR) is 204 cm³/mol. The molecule has 0 atom stereocenters. The van der Waals surface area contributed by atoms with Crippen molar-refractivity contribution >= 4 is 49.3 Å². The smallest absolute Gasteiger partial charge is 0.238 e. The molecule has 5 nitrogen and oxygen atoms in total. The third kappa shape index (κ3) is 4.66. The summed E-state index contributed by atoms with van der Waals surface area (Å²) in [5.41, 5.74) is 10.3. The van der Waals surface area contributed by atoms with E-state index in [9.17, 15) is 0 Å². The summed E-state index contributed by atoms with van der Waals surface area (Å²) < 4.78 is 8.69. The van der Waals surface area contributed by atoms with E-state index in [1.807, 2.05) is 48.5 Å². The van der Waals surface area contributed by atoms with Crippen LogP contribution in [0.4, 0.5) is 0 Å². The van der Waals surface area contributed by atoms with E-state index in [-0.39, 0.29) is 0 Å². The summed E-state index contributed by atoms with van der Waals surface area (Å²) in [6.45, 7) is 0. The van der Waals surface area contributed by atoms with Crippen molar-refractivity contribution in [3.63, 3.8) is 0 Å². The van der Waals surface area contributed by atoms with Crippen LogP contribution in [0.1, 0.15) is 18.4 Å². The maximum atomic E-state index is 6.49. The van der Waals surface area contributed by atoms with E-state index in [4.69, 9.17) is 19.4 Å². The van der Waals surface area contributed by atoms with Gasteiger partial charge in [0.05, 0.1) is 11.0 Å². The maximum Gasteiger partial charge on any atom is 0.238 e. The number of fused-ring (bicyclic) bond motifs is 6. The average Bonchev–Trinajstić information content (AvgIpc) is 3.74. The van der Waals surface area contributed by atoms with Gasteiger partial charge < -0.3 is 4.42 Å². The summed E-state index contributed by atoms with van der Waals surface area (Å²) in [4.78, 5) is 15.6.